The Morgan fingerprint density at radius 1 is 1.32 bits per heavy atom. The van der Waals surface area contributed by atoms with Crippen LogP contribution in [0.2, 0.25) is 0 Å². The molecule has 1 saturated heterocycles. The second-order valence-corrected chi connectivity index (χ2v) is 7.24. The molecule has 0 aliphatic carbocycles. The second kappa shape index (κ2) is 5.33. The third kappa shape index (κ3) is 3.15. The van der Waals surface area contributed by atoms with Crippen molar-refractivity contribution in [2.75, 3.05) is 18.1 Å². The topological polar surface area (TPSA) is 54.5 Å². The summed E-state index contributed by atoms with van der Waals surface area (Å²) in [7, 11) is -2.97. The first kappa shape index (κ1) is 14.1. The molecule has 2 rings (SSSR count). The highest BCUT2D eigenvalue weighted by Gasteiger charge is 2.34. The molecular formula is C14H19NO3S. The normalized spacial score (nSPS) is 21.3. The highest BCUT2D eigenvalue weighted by molar-refractivity contribution is 7.91. The highest BCUT2D eigenvalue weighted by atomic mass is 32.2. The molecule has 0 radical (unpaired) electrons. The van der Waals surface area contributed by atoms with Gasteiger partial charge in [-0.25, -0.2) is 8.42 Å². The molecule has 1 aliphatic rings. The van der Waals surface area contributed by atoms with E-state index in [4.69, 9.17) is 0 Å². The SMILES string of the molecule is CCN(C(=O)c1ccc(C)cc1)[C@H]1CCS(=O)(=O)C1. The second-order valence-electron chi connectivity index (χ2n) is 5.01. The summed E-state index contributed by atoms with van der Waals surface area (Å²) >= 11 is 0. The van der Waals surface area contributed by atoms with Gasteiger partial charge >= 0.3 is 0 Å². The van der Waals surface area contributed by atoms with Crippen molar-refractivity contribution >= 4 is 15.7 Å². The van der Waals surface area contributed by atoms with Gasteiger partial charge in [0, 0.05) is 18.2 Å². The van der Waals surface area contributed by atoms with Crippen LogP contribution in [0.5, 0.6) is 0 Å². The maximum Gasteiger partial charge on any atom is 0.254 e. The fraction of sp³-hybridized carbons (Fsp3) is 0.500. The Kier molecular flexibility index (Phi) is 3.94. The predicted molar refractivity (Wildman–Crippen MR) is 74.9 cm³/mol. The van der Waals surface area contributed by atoms with Gasteiger partial charge in [0.25, 0.3) is 5.91 Å². The molecule has 1 amide bonds. The summed E-state index contributed by atoms with van der Waals surface area (Å²) in [6.45, 7) is 4.39. The third-order valence-corrected chi connectivity index (χ3v) is 5.30. The van der Waals surface area contributed by atoms with Crippen LogP contribution in [-0.4, -0.2) is 43.3 Å². The van der Waals surface area contributed by atoms with Gasteiger partial charge in [-0.05, 0) is 32.4 Å². The van der Waals surface area contributed by atoms with Gasteiger partial charge in [-0.1, -0.05) is 17.7 Å². The fourth-order valence-electron chi connectivity index (χ4n) is 2.45. The molecule has 5 heteroatoms. The van der Waals surface area contributed by atoms with E-state index in [-0.39, 0.29) is 23.5 Å². The minimum absolute atomic E-state index is 0.0791. The number of sulfone groups is 1. The first-order valence-corrected chi connectivity index (χ1v) is 8.33. The third-order valence-electron chi connectivity index (χ3n) is 3.55. The lowest BCUT2D eigenvalue weighted by Crippen LogP contribution is -2.40. The van der Waals surface area contributed by atoms with E-state index in [1.807, 2.05) is 26.0 Å². The molecular weight excluding hydrogens is 262 g/mol. The van der Waals surface area contributed by atoms with E-state index in [0.29, 0.717) is 18.5 Å². The van der Waals surface area contributed by atoms with Gasteiger partial charge in [-0.15, -0.1) is 0 Å². The molecule has 0 aromatic heterocycles. The summed E-state index contributed by atoms with van der Waals surface area (Å²) < 4.78 is 23.1. The summed E-state index contributed by atoms with van der Waals surface area (Å²) in [5, 5.41) is 0. The van der Waals surface area contributed by atoms with E-state index >= 15 is 0 Å². The largest absolute Gasteiger partial charge is 0.335 e. The number of rotatable bonds is 3. The van der Waals surface area contributed by atoms with Crippen molar-refractivity contribution in [1.82, 2.24) is 4.90 Å². The van der Waals surface area contributed by atoms with Crippen LogP contribution in [0.1, 0.15) is 29.3 Å². The average molecular weight is 281 g/mol. The molecule has 1 atom stereocenters. The number of amides is 1. The molecule has 1 fully saturated rings. The number of carbonyl (C=O) groups is 1. The zero-order chi connectivity index (χ0) is 14.0. The predicted octanol–water partition coefficient (Wildman–Crippen LogP) is 1.64. The quantitative estimate of drug-likeness (QED) is 0.846. The van der Waals surface area contributed by atoms with Gasteiger partial charge in [0.05, 0.1) is 11.5 Å². The number of hydrogen-bond donors (Lipinski definition) is 0. The monoisotopic (exact) mass is 281 g/mol. The lowest BCUT2D eigenvalue weighted by atomic mass is 10.1. The Labute approximate surface area is 114 Å². The van der Waals surface area contributed by atoms with Crippen LogP contribution in [0.4, 0.5) is 0 Å². The van der Waals surface area contributed by atoms with Crippen molar-refractivity contribution in [3.8, 4) is 0 Å². The minimum Gasteiger partial charge on any atom is -0.335 e. The summed E-state index contributed by atoms with van der Waals surface area (Å²) in [4.78, 5) is 14.1. The number of carbonyl (C=O) groups excluding carboxylic acids is 1. The van der Waals surface area contributed by atoms with E-state index in [1.165, 1.54) is 0 Å². The van der Waals surface area contributed by atoms with Gasteiger partial charge in [0.1, 0.15) is 0 Å². The number of hydrogen-bond acceptors (Lipinski definition) is 3. The zero-order valence-corrected chi connectivity index (χ0v) is 12.1. The molecule has 1 aromatic carbocycles. The summed E-state index contributed by atoms with van der Waals surface area (Å²) in [6.07, 6.45) is 0.549. The first-order chi connectivity index (χ1) is 8.93. The van der Waals surface area contributed by atoms with Gasteiger partial charge in [0.2, 0.25) is 0 Å². The minimum atomic E-state index is -2.97. The van der Waals surface area contributed by atoms with Crippen molar-refractivity contribution < 1.29 is 13.2 Å². The van der Waals surface area contributed by atoms with E-state index in [1.54, 1.807) is 17.0 Å². The van der Waals surface area contributed by atoms with E-state index in [9.17, 15) is 13.2 Å². The molecule has 1 aliphatic heterocycles. The van der Waals surface area contributed by atoms with Crippen LogP contribution >= 0.6 is 0 Å². The Balaban J connectivity index is 2.18. The van der Waals surface area contributed by atoms with Crippen LogP contribution in [0.25, 0.3) is 0 Å². The van der Waals surface area contributed by atoms with E-state index in [2.05, 4.69) is 0 Å². The molecule has 104 valence electrons. The maximum atomic E-state index is 12.4. The van der Waals surface area contributed by atoms with Gasteiger partial charge in [-0.3, -0.25) is 4.79 Å². The fourth-order valence-corrected chi connectivity index (χ4v) is 4.18. The molecule has 0 N–H and O–H groups in total. The van der Waals surface area contributed by atoms with E-state index in [0.717, 1.165) is 5.56 Å². The molecule has 0 bridgehead atoms. The summed E-state index contributed by atoms with van der Waals surface area (Å²) in [6, 6.07) is 7.20. The number of benzene rings is 1. The van der Waals surface area contributed by atoms with Crippen molar-refractivity contribution in [3.63, 3.8) is 0 Å². The molecule has 0 unspecified atom stereocenters. The Hall–Kier alpha value is -1.36. The van der Waals surface area contributed by atoms with Gasteiger partial charge < -0.3 is 4.90 Å². The molecule has 0 spiro atoms. The van der Waals surface area contributed by atoms with Crippen LogP contribution in [0.3, 0.4) is 0 Å². The van der Waals surface area contributed by atoms with Crippen molar-refractivity contribution in [2.24, 2.45) is 0 Å². The molecule has 19 heavy (non-hydrogen) atoms. The first-order valence-electron chi connectivity index (χ1n) is 6.51. The zero-order valence-electron chi connectivity index (χ0n) is 11.3. The Morgan fingerprint density at radius 3 is 2.42 bits per heavy atom. The summed E-state index contributed by atoms with van der Waals surface area (Å²) in [5.41, 5.74) is 1.72. The lowest BCUT2D eigenvalue weighted by Gasteiger charge is -2.27. The lowest BCUT2D eigenvalue weighted by molar-refractivity contribution is 0.0708. The Morgan fingerprint density at radius 2 is 1.95 bits per heavy atom. The average Bonchev–Trinajstić information content (AvgIpc) is 2.71. The van der Waals surface area contributed by atoms with Crippen LogP contribution in [0.15, 0.2) is 24.3 Å². The van der Waals surface area contributed by atoms with E-state index < -0.39 is 9.84 Å². The van der Waals surface area contributed by atoms with Crippen LogP contribution in [0, 0.1) is 6.92 Å². The Bertz CT molecular complexity index is 563. The number of aryl methyl sites for hydroxylation is 1. The highest BCUT2D eigenvalue weighted by Crippen LogP contribution is 2.20. The van der Waals surface area contributed by atoms with Gasteiger partial charge in [-0.2, -0.15) is 0 Å². The van der Waals surface area contributed by atoms with Crippen LogP contribution < -0.4 is 0 Å². The summed E-state index contributed by atoms with van der Waals surface area (Å²) in [5.74, 6) is 0.206. The molecule has 1 heterocycles. The number of nitrogens with zero attached hydrogens (tertiary/aromatic N) is 1. The van der Waals surface area contributed by atoms with Crippen molar-refractivity contribution in [2.45, 2.75) is 26.3 Å². The van der Waals surface area contributed by atoms with Crippen molar-refractivity contribution in [1.29, 1.82) is 0 Å². The van der Waals surface area contributed by atoms with Crippen molar-refractivity contribution in [3.05, 3.63) is 35.4 Å². The van der Waals surface area contributed by atoms with Crippen LogP contribution in [-0.2, 0) is 9.84 Å². The van der Waals surface area contributed by atoms with Gasteiger partial charge in [0.15, 0.2) is 9.84 Å². The standard InChI is InChI=1S/C14H19NO3S/c1-3-15(13-8-9-19(17,18)10-13)14(16)12-6-4-11(2)5-7-12/h4-7,13H,3,8-10H2,1-2H3/t13-/m0/s1. The molecule has 4 nitrogen and oxygen atoms in total. The maximum absolute atomic E-state index is 12.4. The molecule has 1 aromatic rings. The molecule has 0 saturated carbocycles. The smallest absolute Gasteiger partial charge is 0.254 e.